The molecular formula is C41H36N3P. The van der Waals surface area contributed by atoms with Crippen LogP contribution in [0.25, 0.3) is 36.5 Å². The first-order valence-corrected chi connectivity index (χ1v) is 16.5. The van der Waals surface area contributed by atoms with Gasteiger partial charge in [0, 0.05) is 37.2 Å². The van der Waals surface area contributed by atoms with Gasteiger partial charge in [0.1, 0.15) is 0 Å². The molecule has 4 heteroatoms. The summed E-state index contributed by atoms with van der Waals surface area (Å²) < 4.78 is 0. The smallest absolute Gasteiger partial charge is 0.0273 e. The van der Waals surface area contributed by atoms with Crippen molar-refractivity contribution < 1.29 is 0 Å². The van der Waals surface area contributed by atoms with Gasteiger partial charge in [-0.1, -0.05) is 123 Å². The van der Waals surface area contributed by atoms with Gasteiger partial charge in [-0.25, -0.2) is 0 Å². The van der Waals surface area contributed by atoms with Gasteiger partial charge >= 0.3 is 0 Å². The maximum Gasteiger partial charge on any atom is 0.0273 e. The highest BCUT2D eigenvalue weighted by Gasteiger charge is 2.16. The highest BCUT2D eigenvalue weighted by Crippen LogP contribution is 2.33. The molecule has 0 aliphatic heterocycles. The lowest BCUT2D eigenvalue weighted by Gasteiger charge is -2.20. The van der Waals surface area contributed by atoms with Crippen molar-refractivity contribution >= 4 is 60.3 Å². The Kier molecular flexibility index (Phi) is 11.5. The summed E-state index contributed by atoms with van der Waals surface area (Å²) in [7, 11) is -0.740. The number of hydrogen-bond acceptors (Lipinski definition) is 3. The van der Waals surface area contributed by atoms with Crippen molar-refractivity contribution in [2.45, 2.75) is 13.8 Å². The fourth-order valence-electron chi connectivity index (χ4n) is 4.65. The first-order valence-electron chi connectivity index (χ1n) is 15.1. The summed E-state index contributed by atoms with van der Waals surface area (Å²) in [4.78, 5) is 12.3. The molecule has 3 nitrogen and oxygen atoms in total. The number of rotatable bonds is 9. The Morgan fingerprint density at radius 1 is 0.311 bits per heavy atom. The molecule has 0 atom stereocenters. The molecule has 3 aromatic heterocycles. The second kappa shape index (κ2) is 16.6. The minimum Gasteiger partial charge on any atom is -0.265 e. The van der Waals surface area contributed by atoms with Crippen LogP contribution in [0, 0.1) is 0 Å². The van der Waals surface area contributed by atoms with E-state index in [2.05, 4.69) is 124 Å². The van der Waals surface area contributed by atoms with E-state index in [-0.39, 0.29) is 0 Å². The molecule has 0 fully saturated rings. The first-order chi connectivity index (χ1) is 22.3. The minimum absolute atomic E-state index is 0.740. The zero-order valence-corrected chi connectivity index (χ0v) is 26.5. The second-order valence-electron chi connectivity index (χ2n) is 9.95. The van der Waals surface area contributed by atoms with E-state index in [1.54, 1.807) is 0 Å². The van der Waals surface area contributed by atoms with Crippen LogP contribution in [0.15, 0.2) is 146 Å². The average Bonchev–Trinajstić information content (AvgIpc) is 3.13. The molecule has 6 rings (SSSR count). The van der Waals surface area contributed by atoms with Gasteiger partial charge in [0.25, 0.3) is 0 Å². The van der Waals surface area contributed by atoms with E-state index in [0.29, 0.717) is 0 Å². The van der Waals surface area contributed by atoms with Crippen LogP contribution in [-0.4, -0.2) is 15.0 Å². The minimum atomic E-state index is -0.740. The molecule has 0 amide bonds. The van der Waals surface area contributed by atoms with Crippen molar-refractivity contribution in [1.29, 1.82) is 0 Å². The van der Waals surface area contributed by atoms with Crippen LogP contribution >= 0.6 is 7.92 Å². The maximum atomic E-state index is 4.10. The fraction of sp³-hybridized carbons (Fsp3) is 0.0488. The Labute approximate surface area is 268 Å². The lowest BCUT2D eigenvalue weighted by atomic mass is 10.1. The highest BCUT2D eigenvalue weighted by molar-refractivity contribution is 7.79. The van der Waals surface area contributed by atoms with E-state index >= 15 is 0 Å². The molecule has 0 saturated carbocycles. The lowest BCUT2D eigenvalue weighted by Crippen LogP contribution is -2.20. The van der Waals surface area contributed by atoms with Gasteiger partial charge < -0.3 is 0 Å². The van der Waals surface area contributed by atoms with Gasteiger partial charge in [-0.15, -0.1) is 0 Å². The lowest BCUT2D eigenvalue weighted by molar-refractivity contribution is 1.32. The predicted molar refractivity (Wildman–Crippen MR) is 196 cm³/mol. The van der Waals surface area contributed by atoms with E-state index in [9.17, 15) is 0 Å². The zero-order valence-electron chi connectivity index (χ0n) is 25.6. The Morgan fingerprint density at radius 2 is 0.511 bits per heavy atom. The van der Waals surface area contributed by atoms with E-state index in [4.69, 9.17) is 0 Å². The molecule has 45 heavy (non-hydrogen) atoms. The van der Waals surface area contributed by atoms with Crippen molar-refractivity contribution in [2.24, 2.45) is 0 Å². The molecule has 220 valence electrons. The third-order valence-electron chi connectivity index (χ3n) is 6.98. The molecule has 0 radical (unpaired) electrons. The normalized spacial score (nSPS) is 11.3. The molecule has 0 bridgehead atoms. The van der Waals surface area contributed by atoms with E-state index in [1.807, 2.05) is 87.4 Å². The summed E-state index contributed by atoms with van der Waals surface area (Å²) in [5.41, 5.74) is 6.92. The van der Waals surface area contributed by atoms with Crippen LogP contribution in [0.5, 0.6) is 0 Å². The van der Waals surface area contributed by atoms with Gasteiger partial charge in [-0.3, -0.25) is 15.0 Å². The predicted octanol–water partition coefficient (Wildman–Crippen LogP) is 9.17. The summed E-state index contributed by atoms with van der Waals surface area (Å²) in [6, 6.07) is 38.9. The van der Waals surface area contributed by atoms with Crippen LogP contribution in [0.3, 0.4) is 0 Å². The maximum absolute atomic E-state index is 4.10. The van der Waals surface area contributed by atoms with Crippen LogP contribution in [0.2, 0.25) is 0 Å². The molecule has 6 aromatic rings. The molecule has 0 aliphatic carbocycles. The van der Waals surface area contributed by atoms with Gasteiger partial charge in [0.15, 0.2) is 0 Å². The highest BCUT2D eigenvalue weighted by atomic mass is 31.1. The van der Waals surface area contributed by atoms with Gasteiger partial charge in [-0.2, -0.15) is 0 Å². The third-order valence-corrected chi connectivity index (χ3v) is 9.42. The van der Waals surface area contributed by atoms with Crippen molar-refractivity contribution in [3.63, 3.8) is 0 Å². The second-order valence-corrected chi connectivity index (χ2v) is 12.2. The Bertz CT molecular complexity index is 1590. The Balaban J connectivity index is 0.00000196. The standard InChI is InChI=1S/C39H30N3P.C2H6/c1(4-34-19-25-40-26-20-34)31-7-13-37(14-8-31)43(38-15-9-32(10-16-38)2-5-35-21-27-41-28-22-35)39-17-11-33(12-18-39)3-6-36-23-29-42-30-24-36;1-2/h1-30H;1-2H3/b4-1+,5-2+,6-3+;. The fourth-order valence-corrected chi connectivity index (χ4v) is 6.89. The molecule has 3 heterocycles. The van der Waals surface area contributed by atoms with E-state index in [1.165, 1.54) is 32.6 Å². The topological polar surface area (TPSA) is 38.7 Å². The molecule has 0 spiro atoms. The van der Waals surface area contributed by atoms with Crippen molar-refractivity contribution in [3.05, 3.63) is 180 Å². The van der Waals surface area contributed by atoms with Crippen LogP contribution < -0.4 is 15.9 Å². The SMILES string of the molecule is C(=C\c1ccc(P(c2ccc(/C=C/c3ccncc3)cc2)c2ccc(/C=C/c3ccncc3)cc2)cc1)/c1ccncc1.CC. The molecule has 0 aliphatic rings. The number of pyridine rings is 3. The largest absolute Gasteiger partial charge is 0.265 e. The van der Waals surface area contributed by atoms with Gasteiger partial charge in [0.2, 0.25) is 0 Å². The van der Waals surface area contributed by atoms with Gasteiger partial charge in [0.05, 0.1) is 0 Å². The summed E-state index contributed by atoms with van der Waals surface area (Å²) >= 11 is 0. The zero-order chi connectivity index (χ0) is 31.1. The Hall–Kier alpha value is -5.24. The summed E-state index contributed by atoms with van der Waals surface area (Å²) in [5.74, 6) is 0. The molecular weight excluding hydrogens is 565 g/mol. The quantitative estimate of drug-likeness (QED) is 0.155. The monoisotopic (exact) mass is 601 g/mol. The average molecular weight is 602 g/mol. The number of benzene rings is 3. The van der Waals surface area contributed by atoms with E-state index in [0.717, 1.165) is 16.7 Å². The molecule has 0 unspecified atom stereocenters. The van der Waals surface area contributed by atoms with Crippen molar-refractivity contribution in [2.75, 3.05) is 0 Å². The van der Waals surface area contributed by atoms with Crippen molar-refractivity contribution in [1.82, 2.24) is 15.0 Å². The Morgan fingerprint density at radius 3 is 0.733 bits per heavy atom. The van der Waals surface area contributed by atoms with Crippen LogP contribution in [0.1, 0.15) is 47.2 Å². The summed E-state index contributed by atoms with van der Waals surface area (Å²) in [6.07, 6.45) is 23.7. The first kappa shape index (κ1) is 31.2. The van der Waals surface area contributed by atoms with Crippen molar-refractivity contribution in [3.8, 4) is 0 Å². The number of nitrogens with zero attached hydrogens (tertiary/aromatic N) is 3. The number of aromatic nitrogens is 3. The summed E-state index contributed by atoms with van der Waals surface area (Å²) in [5, 5.41) is 3.95. The third kappa shape index (κ3) is 9.13. The van der Waals surface area contributed by atoms with Gasteiger partial charge in [-0.05, 0) is 93.6 Å². The van der Waals surface area contributed by atoms with Crippen LogP contribution in [-0.2, 0) is 0 Å². The molecule has 3 aromatic carbocycles. The number of hydrogen-bond donors (Lipinski definition) is 0. The molecule has 0 saturated heterocycles. The summed E-state index contributed by atoms with van der Waals surface area (Å²) in [6.45, 7) is 4.00. The van der Waals surface area contributed by atoms with Crippen LogP contribution in [0.4, 0.5) is 0 Å². The molecule has 0 N–H and O–H groups in total. The van der Waals surface area contributed by atoms with E-state index < -0.39 is 7.92 Å².